The molecule has 0 radical (unpaired) electrons. The van der Waals surface area contributed by atoms with Gasteiger partial charge in [0, 0.05) is 10.7 Å². The molecule has 2 rings (SSSR count). The van der Waals surface area contributed by atoms with Crippen molar-refractivity contribution in [1.29, 1.82) is 0 Å². The highest BCUT2D eigenvalue weighted by Crippen LogP contribution is 2.24. The van der Waals surface area contributed by atoms with Crippen LogP contribution in [-0.4, -0.2) is 13.0 Å². The smallest absolute Gasteiger partial charge is 0.259 e. The van der Waals surface area contributed by atoms with Gasteiger partial charge in [0.2, 0.25) is 0 Å². The Morgan fingerprint density at radius 1 is 1.25 bits per heavy atom. The molecule has 0 aliphatic rings. The quantitative estimate of drug-likeness (QED) is 0.927. The number of methoxy groups -OCH3 is 1. The van der Waals surface area contributed by atoms with Gasteiger partial charge in [-0.25, -0.2) is 4.39 Å². The number of hydrogen-bond donors (Lipinski definition) is 1. The van der Waals surface area contributed by atoms with Crippen LogP contribution in [0.4, 0.5) is 10.1 Å². The summed E-state index contributed by atoms with van der Waals surface area (Å²) in [5.41, 5.74) is 1.57. The predicted octanol–water partition coefficient (Wildman–Crippen LogP) is 4.05. The average Bonchev–Trinajstić information content (AvgIpc) is 2.42. The van der Waals surface area contributed by atoms with E-state index in [2.05, 4.69) is 5.32 Å². The van der Waals surface area contributed by atoms with Gasteiger partial charge < -0.3 is 10.1 Å². The van der Waals surface area contributed by atoms with Crippen LogP contribution in [0, 0.1) is 12.7 Å². The minimum atomic E-state index is -0.501. The van der Waals surface area contributed by atoms with E-state index in [0.29, 0.717) is 16.5 Å². The lowest BCUT2D eigenvalue weighted by Gasteiger charge is -2.11. The molecule has 2 aromatic carbocycles. The highest BCUT2D eigenvalue weighted by molar-refractivity contribution is 6.31. The summed E-state index contributed by atoms with van der Waals surface area (Å²) in [5.74, 6) is -0.644. The molecule has 1 N–H and O–H groups in total. The molecule has 0 aliphatic carbocycles. The molecule has 0 saturated carbocycles. The third-order valence-electron chi connectivity index (χ3n) is 2.85. The van der Waals surface area contributed by atoms with E-state index in [-0.39, 0.29) is 5.56 Å². The fourth-order valence-electron chi connectivity index (χ4n) is 1.78. The molecule has 5 heteroatoms. The maximum Gasteiger partial charge on any atom is 0.259 e. The Kier molecular flexibility index (Phi) is 4.25. The lowest BCUT2D eigenvalue weighted by atomic mass is 10.1. The van der Waals surface area contributed by atoms with Crippen LogP contribution in [0.15, 0.2) is 36.4 Å². The molecule has 3 nitrogen and oxygen atoms in total. The molecule has 0 aliphatic heterocycles. The van der Waals surface area contributed by atoms with Crippen LogP contribution in [0.1, 0.15) is 15.9 Å². The molecule has 20 heavy (non-hydrogen) atoms. The van der Waals surface area contributed by atoms with Gasteiger partial charge in [0.05, 0.1) is 12.7 Å². The Labute approximate surface area is 121 Å². The molecular formula is C15H13ClFNO2. The minimum Gasteiger partial charge on any atom is -0.496 e. The molecule has 2 aromatic rings. The van der Waals surface area contributed by atoms with E-state index in [4.69, 9.17) is 16.3 Å². The van der Waals surface area contributed by atoms with E-state index >= 15 is 0 Å². The van der Waals surface area contributed by atoms with Gasteiger partial charge >= 0.3 is 0 Å². The standard InChI is InChI=1S/C15H13ClFNO2/c1-9-3-4-10(16)7-13(9)18-15(19)12-8-11(17)5-6-14(12)20-2/h3-8H,1-2H3,(H,18,19). The molecule has 0 aromatic heterocycles. The third-order valence-corrected chi connectivity index (χ3v) is 3.09. The second-order valence-electron chi connectivity index (χ2n) is 4.26. The largest absolute Gasteiger partial charge is 0.496 e. The number of aryl methyl sites for hydroxylation is 1. The number of benzene rings is 2. The number of anilines is 1. The van der Waals surface area contributed by atoms with E-state index < -0.39 is 11.7 Å². The summed E-state index contributed by atoms with van der Waals surface area (Å²) in [6, 6.07) is 8.94. The van der Waals surface area contributed by atoms with Crippen molar-refractivity contribution in [3.05, 3.63) is 58.4 Å². The molecule has 1 amide bonds. The van der Waals surface area contributed by atoms with Gasteiger partial charge in [-0.1, -0.05) is 17.7 Å². The molecule has 0 fully saturated rings. The number of carbonyl (C=O) groups excluding carboxylic acids is 1. The van der Waals surface area contributed by atoms with E-state index in [1.807, 2.05) is 6.92 Å². The summed E-state index contributed by atoms with van der Waals surface area (Å²) in [5, 5.41) is 3.21. The first-order valence-electron chi connectivity index (χ1n) is 5.92. The Morgan fingerprint density at radius 3 is 2.70 bits per heavy atom. The first-order chi connectivity index (χ1) is 9.51. The zero-order chi connectivity index (χ0) is 14.7. The second kappa shape index (κ2) is 5.92. The molecular weight excluding hydrogens is 281 g/mol. The molecule has 0 atom stereocenters. The maximum atomic E-state index is 13.3. The van der Waals surface area contributed by atoms with E-state index in [1.54, 1.807) is 18.2 Å². The van der Waals surface area contributed by atoms with Gasteiger partial charge in [0.25, 0.3) is 5.91 Å². The second-order valence-corrected chi connectivity index (χ2v) is 4.69. The third kappa shape index (κ3) is 3.08. The van der Waals surface area contributed by atoms with E-state index in [0.717, 1.165) is 11.6 Å². The Morgan fingerprint density at radius 2 is 2.00 bits per heavy atom. The van der Waals surface area contributed by atoms with Crippen molar-refractivity contribution >= 4 is 23.2 Å². The number of nitrogens with one attached hydrogen (secondary N) is 1. The van der Waals surface area contributed by atoms with E-state index in [1.165, 1.54) is 19.2 Å². The number of hydrogen-bond acceptors (Lipinski definition) is 2. The van der Waals surface area contributed by atoms with Crippen LogP contribution in [0.25, 0.3) is 0 Å². The summed E-state index contributed by atoms with van der Waals surface area (Å²) in [4.78, 5) is 12.2. The van der Waals surface area contributed by atoms with Crippen LogP contribution in [-0.2, 0) is 0 Å². The SMILES string of the molecule is COc1ccc(F)cc1C(=O)Nc1cc(Cl)ccc1C. The summed E-state index contributed by atoms with van der Waals surface area (Å²) < 4.78 is 18.3. The topological polar surface area (TPSA) is 38.3 Å². The van der Waals surface area contributed by atoms with Crippen molar-refractivity contribution in [3.8, 4) is 5.75 Å². The molecule has 0 saturated heterocycles. The van der Waals surface area contributed by atoms with Crippen LogP contribution in [0.3, 0.4) is 0 Å². The Hall–Kier alpha value is -2.07. The number of rotatable bonds is 3. The number of amides is 1. The first-order valence-corrected chi connectivity index (χ1v) is 6.30. The molecule has 0 heterocycles. The molecule has 0 unspecified atom stereocenters. The number of halogens is 2. The van der Waals surface area contributed by atoms with Gasteiger partial charge in [-0.2, -0.15) is 0 Å². The highest BCUT2D eigenvalue weighted by Gasteiger charge is 2.14. The lowest BCUT2D eigenvalue weighted by molar-refractivity contribution is 0.102. The van der Waals surface area contributed by atoms with Crippen LogP contribution >= 0.6 is 11.6 Å². The summed E-state index contributed by atoms with van der Waals surface area (Å²) in [6.45, 7) is 1.84. The van der Waals surface area contributed by atoms with Crippen molar-refractivity contribution in [1.82, 2.24) is 0 Å². The van der Waals surface area contributed by atoms with Crippen molar-refractivity contribution in [3.63, 3.8) is 0 Å². The monoisotopic (exact) mass is 293 g/mol. The summed E-state index contributed by atoms with van der Waals surface area (Å²) in [6.07, 6.45) is 0. The van der Waals surface area contributed by atoms with Gasteiger partial charge in [-0.3, -0.25) is 4.79 Å². The zero-order valence-electron chi connectivity index (χ0n) is 11.0. The van der Waals surface area contributed by atoms with Gasteiger partial charge in [0.15, 0.2) is 0 Å². The minimum absolute atomic E-state index is 0.131. The fraction of sp³-hybridized carbons (Fsp3) is 0.133. The maximum absolute atomic E-state index is 13.3. The average molecular weight is 294 g/mol. The molecule has 104 valence electrons. The summed E-state index contributed by atoms with van der Waals surface area (Å²) in [7, 11) is 1.43. The predicted molar refractivity (Wildman–Crippen MR) is 77.1 cm³/mol. The van der Waals surface area contributed by atoms with Crippen molar-refractivity contribution in [2.24, 2.45) is 0 Å². The molecule has 0 bridgehead atoms. The van der Waals surface area contributed by atoms with Crippen molar-refractivity contribution < 1.29 is 13.9 Å². The molecule has 0 spiro atoms. The van der Waals surface area contributed by atoms with E-state index in [9.17, 15) is 9.18 Å². The van der Waals surface area contributed by atoms with Gasteiger partial charge in [-0.05, 0) is 42.8 Å². The lowest BCUT2D eigenvalue weighted by Crippen LogP contribution is -2.14. The highest BCUT2D eigenvalue weighted by atomic mass is 35.5. The van der Waals surface area contributed by atoms with Crippen molar-refractivity contribution in [2.75, 3.05) is 12.4 Å². The zero-order valence-corrected chi connectivity index (χ0v) is 11.8. The number of ether oxygens (including phenoxy) is 1. The Bertz CT molecular complexity index is 658. The normalized spacial score (nSPS) is 10.2. The van der Waals surface area contributed by atoms with Crippen LogP contribution in [0.2, 0.25) is 5.02 Å². The van der Waals surface area contributed by atoms with Crippen LogP contribution < -0.4 is 10.1 Å². The van der Waals surface area contributed by atoms with Crippen LogP contribution in [0.5, 0.6) is 5.75 Å². The first kappa shape index (κ1) is 14.3. The van der Waals surface area contributed by atoms with Gasteiger partial charge in [-0.15, -0.1) is 0 Å². The summed E-state index contributed by atoms with van der Waals surface area (Å²) >= 11 is 5.89. The fourth-order valence-corrected chi connectivity index (χ4v) is 1.95. The Balaban J connectivity index is 2.32. The van der Waals surface area contributed by atoms with Crippen molar-refractivity contribution in [2.45, 2.75) is 6.92 Å². The number of carbonyl (C=O) groups is 1. The van der Waals surface area contributed by atoms with Gasteiger partial charge in [0.1, 0.15) is 11.6 Å².